The third-order valence-corrected chi connectivity index (χ3v) is 6.35. The summed E-state index contributed by atoms with van der Waals surface area (Å²) in [7, 11) is -1.89. The normalized spacial score (nSPS) is 15.0. The predicted molar refractivity (Wildman–Crippen MR) is 100.0 cm³/mol. The van der Waals surface area contributed by atoms with Gasteiger partial charge in [0.1, 0.15) is 10.6 Å². The number of ether oxygens (including phenoxy) is 1. The lowest BCUT2D eigenvalue weighted by Crippen LogP contribution is -2.27. The highest BCUT2D eigenvalue weighted by Crippen LogP contribution is 2.22. The van der Waals surface area contributed by atoms with E-state index >= 15 is 0 Å². The number of aromatic nitrogens is 2. The fourth-order valence-electron chi connectivity index (χ4n) is 3.07. The first kappa shape index (κ1) is 19.4. The second-order valence-corrected chi connectivity index (χ2v) is 8.30. The van der Waals surface area contributed by atoms with Crippen molar-refractivity contribution in [1.29, 1.82) is 0 Å². The average Bonchev–Trinajstić information content (AvgIpc) is 3.31. The zero-order valence-corrected chi connectivity index (χ0v) is 16.3. The number of aryl methyl sites for hydroxylation is 1. The summed E-state index contributed by atoms with van der Waals surface area (Å²) in [5, 5.41) is 2.80. The molecule has 1 saturated heterocycles. The summed E-state index contributed by atoms with van der Waals surface area (Å²) in [4.78, 5) is 16.9. The van der Waals surface area contributed by atoms with Crippen molar-refractivity contribution in [2.75, 3.05) is 19.7 Å². The maximum Gasteiger partial charge on any atom is 0.268 e. The van der Waals surface area contributed by atoms with E-state index in [0.717, 1.165) is 18.4 Å². The van der Waals surface area contributed by atoms with E-state index < -0.39 is 10.0 Å². The highest BCUT2D eigenvalue weighted by atomic mass is 32.2. The van der Waals surface area contributed by atoms with Gasteiger partial charge in [-0.25, -0.2) is 13.4 Å². The van der Waals surface area contributed by atoms with Crippen LogP contribution < -0.4 is 10.1 Å². The largest absolute Gasteiger partial charge is 0.478 e. The molecule has 0 bridgehead atoms. The van der Waals surface area contributed by atoms with Gasteiger partial charge >= 0.3 is 0 Å². The van der Waals surface area contributed by atoms with Crippen LogP contribution in [-0.4, -0.2) is 47.9 Å². The Hall–Kier alpha value is -2.39. The number of amides is 1. The number of sulfonamides is 1. The molecule has 1 amide bonds. The Morgan fingerprint density at radius 1 is 1.33 bits per heavy atom. The minimum atomic E-state index is -3.55. The lowest BCUT2D eigenvalue weighted by Gasteiger charge is -2.13. The minimum absolute atomic E-state index is 0.147. The van der Waals surface area contributed by atoms with Crippen molar-refractivity contribution >= 4 is 15.9 Å². The van der Waals surface area contributed by atoms with Crippen molar-refractivity contribution in [2.24, 2.45) is 7.05 Å². The van der Waals surface area contributed by atoms with Crippen LogP contribution >= 0.6 is 0 Å². The van der Waals surface area contributed by atoms with E-state index in [2.05, 4.69) is 10.3 Å². The molecule has 1 N–H and O–H groups in total. The number of carbonyl (C=O) groups excluding carboxylic acids is 1. The van der Waals surface area contributed by atoms with Crippen LogP contribution in [0.15, 0.2) is 35.5 Å². The Balaban J connectivity index is 1.74. The van der Waals surface area contributed by atoms with Gasteiger partial charge in [0.05, 0.1) is 6.61 Å². The van der Waals surface area contributed by atoms with Crippen molar-refractivity contribution < 1.29 is 17.9 Å². The Morgan fingerprint density at radius 3 is 2.78 bits per heavy atom. The van der Waals surface area contributed by atoms with Crippen LogP contribution in [-0.2, 0) is 23.6 Å². The number of hydrogen-bond donors (Lipinski definition) is 1. The van der Waals surface area contributed by atoms with Crippen LogP contribution in [0.1, 0.15) is 35.8 Å². The first-order valence-electron chi connectivity index (χ1n) is 8.95. The van der Waals surface area contributed by atoms with Crippen LogP contribution in [0.25, 0.3) is 0 Å². The first-order valence-corrected chi connectivity index (χ1v) is 10.4. The van der Waals surface area contributed by atoms with Crippen LogP contribution in [0.4, 0.5) is 0 Å². The molecule has 3 rings (SSSR count). The molecule has 0 aliphatic carbocycles. The SMILES string of the molecule is CCOc1ncccc1CNC(=O)c1cc(S(=O)(=O)N2CCCC2)cn1C. The van der Waals surface area contributed by atoms with E-state index in [1.807, 2.05) is 13.0 Å². The monoisotopic (exact) mass is 392 g/mol. The summed E-state index contributed by atoms with van der Waals surface area (Å²) in [6.45, 7) is 3.64. The van der Waals surface area contributed by atoms with Gasteiger partial charge in [0.15, 0.2) is 0 Å². The molecule has 1 aliphatic heterocycles. The maximum atomic E-state index is 12.7. The second-order valence-electron chi connectivity index (χ2n) is 6.37. The smallest absolute Gasteiger partial charge is 0.268 e. The van der Waals surface area contributed by atoms with Crippen molar-refractivity contribution in [3.63, 3.8) is 0 Å². The Morgan fingerprint density at radius 2 is 2.07 bits per heavy atom. The fourth-order valence-corrected chi connectivity index (χ4v) is 4.66. The first-order chi connectivity index (χ1) is 12.9. The van der Waals surface area contributed by atoms with Crippen LogP contribution in [0.3, 0.4) is 0 Å². The topological polar surface area (TPSA) is 93.5 Å². The summed E-state index contributed by atoms with van der Waals surface area (Å²) in [5.41, 5.74) is 1.04. The number of nitrogens with zero attached hydrogens (tertiary/aromatic N) is 3. The molecule has 3 heterocycles. The molecule has 2 aromatic rings. The van der Waals surface area contributed by atoms with Crippen molar-refractivity contribution in [1.82, 2.24) is 19.2 Å². The van der Waals surface area contributed by atoms with Gasteiger partial charge in [-0.05, 0) is 31.9 Å². The zero-order valence-electron chi connectivity index (χ0n) is 15.5. The second kappa shape index (κ2) is 8.10. The van der Waals surface area contributed by atoms with Crippen LogP contribution in [0.2, 0.25) is 0 Å². The Labute approximate surface area is 159 Å². The van der Waals surface area contributed by atoms with E-state index in [-0.39, 0.29) is 23.0 Å². The number of rotatable bonds is 7. The van der Waals surface area contributed by atoms with Gasteiger partial charge in [0.25, 0.3) is 5.91 Å². The molecule has 146 valence electrons. The quantitative estimate of drug-likeness (QED) is 0.771. The summed E-state index contributed by atoms with van der Waals surface area (Å²) < 4.78 is 33.8. The highest BCUT2D eigenvalue weighted by Gasteiger charge is 2.29. The van der Waals surface area contributed by atoms with E-state index in [1.54, 1.807) is 19.3 Å². The van der Waals surface area contributed by atoms with Gasteiger partial charge in [-0.2, -0.15) is 4.31 Å². The number of hydrogen-bond acceptors (Lipinski definition) is 5. The standard InChI is InChI=1S/C18H24N4O4S/c1-3-26-18-14(7-6-8-19-18)12-20-17(23)16-11-15(13-21(16)2)27(24,25)22-9-4-5-10-22/h6-8,11,13H,3-5,9-10,12H2,1-2H3,(H,20,23). The van der Waals surface area contributed by atoms with Crippen molar-refractivity contribution in [3.8, 4) is 5.88 Å². The molecule has 0 aromatic carbocycles. The number of pyridine rings is 1. The van der Waals surface area contributed by atoms with E-state index in [1.165, 1.54) is 21.1 Å². The Bertz CT molecular complexity index is 917. The minimum Gasteiger partial charge on any atom is -0.478 e. The number of carbonyl (C=O) groups is 1. The molecule has 9 heteroatoms. The predicted octanol–water partition coefficient (Wildman–Crippen LogP) is 1.53. The van der Waals surface area contributed by atoms with Gasteiger partial charge in [-0.1, -0.05) is 6.07 Å². The molecule has 1 fully saturated rings. The summed E-state index contributed by atoms with van der Waals surface area (Å²) in [6.07, 6.45) is 4.85. The third kappa shape index (κ3) is 4.14. The highest BCUT2D eigenvalue weighted by molar-refractivity contribution is 7.89. The molecule has 27 heavy (non-hydrogen) atoms. The zero-order chi connectivity index (χ0) is 19.4. The fraction of sp³-hybridized carbons (Fsp3) is 0.444. The van der Waals surface area contributed by atoms with Gasteiger partial charge in [0.2, 0.25) is 15.9 Å². The van der Waals surface area contributed by atoms with Gasteiger partial charge in [-0.15, -0.1) is 0 Å². The van der Waals surface area contributed by atoms with E-state index in [9.17, 15) is 13.2 Å². The van der Waals surface area contributed by atoms with Crippen LogP contribution in [0.5, 0.6) is 5.88 Å². The lowest BCUT2D eigenvalue weighted by molar-refractivity contribution is 0.0942. The molecule has 0 saturated carbocycles. The molecule has 0 atom stereocenters. The average molecular weight is 392 g/mol. The molecule has 0 spiro atoms. The van der Waals surface area contributed by atoms with Gasteiger partial charge < -0.3 is 14.6 Å². The van der Waals surface area contributed by atoms with E-state index in [0.29, 0.717) is 25.6 Å². The van der Waals surface area contributed by atoms with Crippen molar-refractivity contribution in [2.45, 2.75) is 31.2 Å². The summed E-state index contributed by atoms with van der Waals surface area (Å²) in [6, 6.07) is 5.02. The molecule has 2 aromatic heterocycles. The summed E-state index contributed by atoms with van der Waals surface area (Å²) >= 11 is 0. The van der Waals surface area contributed by atoms with Gasteiger partial charge in [0, 0.05) is 44.6 Å². The molecular weight excluding hydrogens is 368 g/mol. The lowest BCUT2D eigenvalue weighted by atomic mass is 10.2. The third-order valence-electron chi connectivity index (χ3n) is 4.49. The van der Waals surface area contributed by atoms with Crippen molar-refractivity contribution in [3.05, 3.63) is 41.9 Å². The van der Waals surface area contributed by atoms with Gasteiger partial charge in [-0.3, -0.25) is 4.79 Å². The molecule has 8 nitrogen and oxygen atoms in total. The maximum absolute atomic E-state index is 12.7. The van der Waals surface area contributed by atoms with E-state index in [4.69, 9.17) is 4.74 Å². The molecule has 0 radical (unpaired) electrons. The Kier molecular flexibility index (Phi) is 5.81. The van der Waals surface area contributed by atoms with Crippen LogP contribution in [0, 0.1) is 0 Å². The summed E-state index contributed by atoms with van der Waals surface area (Å²) in [5.74, 6) is 0.121. The molecule has 1 aliphatic rings. The molecular formula is C18H24N4O4S. The molecule has 0 unspecified atom stereocenters. The number of nitrogens with one attached hydrogen (secondary N) is 1.